The maximum atomic E-state index is 13.1. The van der Waals surface area contributed by atoms with Crippen molar-refractivity contribution in [1.82, 2.24) is 9.78 Å². The minimum absolute atomic E-state index is 0.0373. The van der Waals surface area contributed by atoms with Crippen LogP contribution in [0.25, 0.3) is 16.9 Å². The van der Waals surface area contributed by atoms with Crippen LogP contribution in [0.15, 0.2) is 54.6 Å². The van der Waals surface area contributed by atoms with Crippen molar-refractivity contribution in [2.75, 3.05) is 0 Å². The summed E-state index contributed by atoms with van der Waals surface area (Å²) in [5.74, 6) is -0.365. The van der Waals surface area contributed by atoms with Gasteiger partial charge in [-0.25, -0.2) is 9.07 Å². The van der Waals surface area contributed by atoms with Gasteiger partial charge in [0.05, 0.1) is 16.3 Å². The van der Waals surface area contributed by atoms with Crippen LogP contribution in [0.5, 0.6) is 0 Å². The lowest BCUT2D eigenvalue weighted by molar-refractivity contribution is -0.384. The highest BCUT2D eigenvalue weighted by Gasteiger charge is 2.13. The molecule has 112 valence electrons. The number of benzene rings is 2. The smallest absolute Gasteiger partial charge is 0.258 e. The van der Waals surface area contributed by atoms with E-state index in [-0.39, 0.29) is 17.2 Å². The Balaban J connectivity index is 2.11. The highest BCUT2D eigenvalue weighted by atomic mass is 19.1. The van der Waals surface area contributed by atoms with Gasteiger partial charge in [-0.3, -0.25) is 10.1 Å². The summed E-state index contributed by atoms with van der Waals surface area (Å²) >= 11 is 0. The van der Waals surface area contributed by atoms with Crippen LogP contribution in [0.3, 0.4) is 0 Å². The first-order chi connectivity index (χ1) is 11.1. The quantitative estimate of drug-likeness (QED) is 0.548. The third-order valence-corrected chi connectivity index (χ3v) is 3.27. The van der Waals surface area contributed by atoms with Crippen LogP contribution in [0.2, 0.25) is 0 Å². The molecule has 2 aromatic carbocycles. The Morgan fingerprint density at radius 1 is 1.13 bits per heavy atom. The number of hydrogen-bond donors (Lipinski definition) is 0. The van der Waals surface area contributed by atoms with E-state index in [1.807, 2.05) is 6.07 Å². The number of rotatable bonds is 3. The summed E-state index contributed by atoms with van der Waals surface area (Å²) in [5.41, 5.74) is 2.00. The normalized spacial score (nSPS) is 10.3. The van der Waals surface area contributed by atoms with Gasteiger partial charge in [0.1, 0.15) is 11.9 Å². The van der Waals surface area contributed by atoms with E-state index in [1.54, 1.807) is 30.3 Å². The van der Waals surface area contributed by atoms with Gasteiger partial charge in [-0.2, -0.15) is 10.4 Å². The molecule has 0 aliphatic heterocycles. The Bertz CT molecular complexity index is 909. The lowest BCUT2D eigenvalue weighted by atomic mass is 10.1. The van der Waals surface area contributed by atoms with Crippen molar-refractivity contribution >= 4 is 5.69 Å². The van der Waals surface area contributed by atoms with Crippen molar-refractivity contribution in [3.05, 3.63) is 76.2 Å². The van der Waals surface area contributed by atoms with Crippen LogP contribution in [0, 0.1) is 27.3 Å². The largest absolute Gasteiger partial charge is 0.269 e. The molecular weight excluding hydrogens is 299 g/mol. The lowest BCUT2D eigenvalue weighted by Crippen LogP contribution is -2.00. The van der Waals surface area contributed by atoms with E-state index in [0.717, 1.165) is 0 Å². The first-order valence-corrected chi connectivity index (χ1v) is 6.59. The van der Waals surface area contributed by atoms with E-state index in [1.165, 1.54) is 28.9 Å². The van der Waals surface area contributed by atoms with E-state index < -0.39 is 4.92 Å². The minimum atomic E-state index is -0.492. The van der Waals surface area contributed by atoms with E-state index in [9.17, 15) is 14.5 Å². The third kappa shape index (κ3) is 2.78. The Morgan fingerprint density at radius 2 is 1.78 bits per heavy atom. The van der Waals surface area contributed by atoms with Gasteiger partial charge in [-0.15, -0.1) is 0 Å². The molecule has 7 heteroatoms. The average molecular weight is 308 g/mol. The molecule has 0 aliphatic carbocycles. The van der Waals surface area contributed by atoms with E-state index in [4.69, 9.17) is 5.26 Å². The van der Waals surface area contributed by atoms with Crippen molar-refractivity contribution in [2.24, 2.45) is 0 Å². The first-order valence-electron chi connectivity index (χ1n) is 6.59. The highest BCUT2D eigenvalue weighted by Crippen LogP contribution is 2.25. The fourth-order valence-electron chi connectivity index (χ4n) is 2.17. The molecule has 0 N–H and O–H groups in total. The summed E-state index contributed by atoms with van der Waals surface area (Å²) in [5, 5.41) is 23.9. The molecule has 0 unspecified atom stereocenters. The van der Waals surface area contributed by atoms with Gasteiger partial charge in [0.25, 0.3) is 5.69 Å². The number of nitro groups is 1. The molecular formula is C16H9FN4O2. The molecule has 0 saturated heterocycles. The Labute approximate surface area is 130 Å². The minimum Gasteiger partial charge on any atom is -0.258 e. The van der Waals surface area contributed by atoms with Crippen LogP contribution >= 0.6 is 0 Å². The Hall–Kier alpha value is -3.53. The molecule has 1 heterocycles. The van der Waals surface area contributed by atoms with Crippen LogP contribution in [-0.2, 0) is 0 Å². The molecule has 0 spiro atoms. The van der Waals surface area contributed by atoms with Crippen molar-refractivity contribution in [3.8, 4) is 23.0 Å². The summed E-state index contributed by atoms with van der Waals surface area (Å²) < 4.78 is 14.6. The molecule has 0 fully saturated rings. The first kappa shape index (κ1) is 14.4. The van der Waals surface area contributed by atoms with Crippen molar-refractivity contribution in [3.63, 3.8) is 0 Å². The van der Waals surface area contributed by atoms with Gasteiger partial charge in [0.2, 0.25) is 0 Å². The molecule has 0 amide bonds. The second-order valence-corrected chi connectivity index (χ2v) is 4.72. The molecule has 0 atom stereocenters. The number of nitriles is 1. The Morgan fingerprint density at radius 3 is 2.35 bits per heavy atom. The van der Waals surface area contributed by atoms with Crippen molar-refractivity contribution < 1.29 is 9.31 Å². The molecule has 3 aromatic rings. The standard InChI is InChI=1S/C16H9FN4O2/c17-12-3-1-11(2-4-12)16-9-13(10-18)19-20(16)14-5-7-15(8-6-14)21(22)23/h1-9H. The van der Waals surface area contributed by atoms with Crippen molar-refractivity contribution in [2.45, 2.75) is 0 Å². The van der Waals surface area contributed by atoms with Crippen LogP contribution in [0.1, 0.15) is 5.69 Å². The van der Waals surface area contributed by atoms with E-state index >= 15 is 0 Å². The third-order valence-electron chi connectivity index (χ3n) is 3.27. The maximum Gasteiger partial charge on any atom is 0.269 e. The van der Waals surface area contributed by atoms with Gasteiger partial charge >= 0.3 is 0 Å². The van der Waals surface area contributed by atoms with Gasteiger partial charge in [0, 0.05) is 23.8 Å². The highest BCUT2D eigenvalue weighted by molar-refractivity contribution is 5.63. The number of halogens is 1. The number of hydrogen-bond acceptors (Lipinski definition) is 4. The summed E-state index contributed by atoms with van der Waals surface area (Å²) in [6.07, 6.45) is 0. The molecule has 0 radical (unpaired) electrons. The topological polar surface area (TPSA) is 84.8 Å². The second kappa shape index (κ2) is 5.69. The van der Waals surface area contributed by atoms with E-state index in [0.29, 0.717) is 16.9 Å². The van der Waals surface area contributed by atoms with Gasteiger partial charge in [-0.05, 0) is 36.4 Å². The molecule has 0 aliphatic rings. The lowest BCUT2D eigenvalue weighted by Gasteiger charge is -2.07. The fourth-order valence-corrected chi connectivity index (χ4v) is 2.17. The molecule has 23 heavy (non-hydrogen) atoms. The SMILES string of the molecule is N#Cc1cc(-c2ccc(F)cc2)n(-c2ccc([N+](=O)[O-])cc2)n1. The predicted octanol–water partition coefficient (Wildman–Crippen LogP) is 3.46. The number of aromatic nitrogens is 2. The molecule has 0 saturated carbocycles. The number of non-ortho nitro benzene ring substituents is 1. The molecule has 3 rings (SSSR count). The van der Waals surface area contributed by atoms with Gasteiger partial charge in [-0.1, -0.05) is 0 Å². The van der Waals surface area contributed by atoms with Crippen molar-refractivity contribution in [1.29, 1.82) is 5.26 Å². The van der Waals surface area contributed by atoms with E-state index in [2.05, 4.69) is 5.10 Å². The summed E-state index contributed by atoms with van der Waals surface area (Å²) in [6.45, 7) is 0. The summed E-state index contributed by atoms with van der Waals surface area (Å²) in [6, 6.07) is 15.1. The van der Waals surface area contributed by atoms with Crippen LogP contribution < -0.4 is 0 Å². The maximum absolute atomic E-state index is 13.1. The number of nitro benzene ring substituents is 1. The monoisotopic (exact) mass is 308 g/mol. The average Bonchev–Trinajstić information content (AvgIpc) is 3.00. The zero-order valence-corrected chi connectivity index (χ0v) is 11.7. The fraction of sp³-hybridized carbons (Fsp3) is 0. The van der Waals surface area contributed by atoms with Crippen LogP contribution in [0.4, 0.5) is 10.1 Å². The summed E-state index contributed by atoms with van der Waals surface area (Å²) in [7, 11) is 0. The van der Waals surface area contributed by atoms with Crippen LogP contribution in [-0.4, -0.2) is 14.7 Å². The van der Waals surface area contributed by atoms with Gasteiger partial charge < -0.3 is 0 Å². The molecule has 1 aromatic heterocycles. The number of nitrogens with zero attached hydrogens (tertiary/aromatic N) is 4. The molecule has 0 bridgehead atoms. The predicted molar refractivity (Wildman–Crippen MR) is 80.3 cm³/mol. The second-order valence-electron chi connectivity index (χ2n) is 4.72. The zero-order chi connectivity index (χ0) is 16.4. The summed E-state index contributed by atoms with van der Waals surface area (Å²) in [4.78, 5) is 10.2. The zero-order valence-electron chi connectivity index (χ0n) is 11.7. The molecule has 6 nitrogen and oxygen atoms in total. The Kier molecular flexibility index (Phi) is 3.57. The van der Waals surface area contributed by atoms with Gasteiger partial charge in [0.15, 0.2) is 5.69 Å².